The van der Waals surface area contributed by atoms with Crippen molar-refractivity contribution in [3.63, 3.8) is 0 Å². The van der Waals surface area contributed by atoms with Crippen molar-refractivity contribution >= 4 is 0 Å². The molecule has 4 heterocycles. The van der Waals surface area contributed by atoms with Crippen LogP contribution in [0.1, 0.15) is 22.8 Å². The van der Waals surface area contributed by atoms with E-state index in [-0.39, 0.29) is 6.04 Å². The van der Waals surface area contributed by atoms with E-state index in [1.54, 1.807) is 12.4 Å². The van der Waals surface area contributed by atoms with Crippen LogP contribution in [0.4, 0.5) is 0 Å². The first-order valence-electron chi connectivity index (χ1n) is 8.73. The molecule has 0 N–H and O–H groups in total. The zero-order valence-electron chi connectivity index (χ0n) is 15.0. The number of fused-ring (bicyclic) bond motifs is 1. The first-order chi connectivity index (χ1) is 12.7. The fourth-order valence-electron chi connectivity index (χ4n) is 3.31. The Morgan fingerprint density at radius 1 is 1.23 bits per heavy atom. The average Bonchev–Trinajstić information content (AvgIpc) is 3.01. The molecule has 0 radical (unpaired) electrons. The number of aryl methyl sites for hydroxylation is 2. The minimum atomic E-state index is 0.224. The lowest BCUT2D eigenvalue weighted by atomic mass is 10.0. The van der Waals surface area contributed by atoms with E-state index in [0.29, 0.717) is 12.5 Å². The molecule has 7 nitrogen and oxygen atoms in total. The summed E-state index contributed by atoms with van der Waals surface area (Å²) in [5.74, 6) is 0.568. The third-order valence-corrected chi connectivity index (χ3v) is 4.69. The number of aromatic nitrogens is 5. The SMILES string of the molecule is Cc1cncc(OCC2Cc3c(ncn3C)CN2Cc2ccccn2)n1. The number of rotatable bonds is 5. The molecule has 1 aliphatic rings. The zero-order chi connectivity index (χ0) is 17.9. The van der Waals surface area contributed by atoms with Crippen molar-refractivity contribution in [3.05, 3.63) is 65.9 Å². The Morgan fingerprint density at radius 3 is 2.96 bits per heavy atom. The summed E-state index contributed by atoms with van der Waals surface area (Å²) >= 11 is 0. The Hall–Kier alpha value is -2.80. The van der Waals surface area contributed by atoms with Crippen LogP contribution in [-0.4, -0.2) is 42.1 Å². The first kappa shape index (κ1) is 16.7. The third kappa shape index (κ3) is 3.57. The molecule has 0 saturated carbocycles. The summed E-state index contributed by atoms with van der Waals surface area (Å²) in [5.41, 5.74) is 4.30. The number of ether oxygens (including phenoxy) is 1. The van der Waals surface area contributed by atoms with Crippen LogP contribution in [0.2, 0.25) is 0 Å². The summed E-state index contributed by atoms with van der Waals surface area (Å²) < 4.78 is 8.06. The highest BCUT2D eigenvalue weighted by Crippen LogP contribution is 2.24. The molecule has 0 bridgehead atoms. The van der Waals surface area contributed by atoms with Crippen molar-refractivity contribution in [1.29, 1.82) is 0 Å². The van der Waals surface area contributed by atoms with Crippen LogP contribution in [0.5, 0.6) is 5.88 Å². The van der Waals surface area contributed by atoms with Gasteiger partial charge in [-0.25, -0.2) is 9.97 Å². The van der Waals surface area contributed by atoms with Gasteiger partial charge in [0.2, 0.25) is 5.88 Å². The van der Waals surface area contributed by atoms with Gasteiger partial charge in [-0.3, -0.25) is 14.9 Å². The van der Waals surface area contributed by atoms with E-state index in [1.807, 2.05) is 38.6 Å². The van der Waals surface area contributed by atoms with Gasteiger partial charge in [0.05, 0.1) is 35.6 Å². The molecule has 1 atom stereocenters. The van der Waals surface area contributed by atoms with Crippen molar-refractivity contribution in [2.24, 2.45) is 7.05 Å². The molecule has 0 saturated heterocycles. The van der Waals surface area contributed by atoms with E-state index in [9.17, 15) is 0 Å². The number of imidazole rings is 1. The summed E-state index contributed by atoms with van der Waals surface area (Å²) in [6.45, 7) is 4.02. The van der Waals surface area contributed by atoms with Gasteiger partial charge in [0.1, 0.15) is 6.61 Å². The predicted molar refractivity (Wildman–Crippen MR) is 96.4 cm³/mol. The highest BCUT2D eigenvalue weighted by Gasteiger charge is 2.29. The molecule has 0 aromatic carbocycles. The summed E-state index contributed by atoms with van der Waals surface area (Å²) in [6.07, 6.45) is 7.99. The molecular formula is C19H22N6O. The van der Waals surface area contributed by atoms with Crippen LogP contribution < -0.4 is 4.74 Å². The van der Waals surface area contributed by atoms with Crippen LogP contribution in [0.3, 0.4) is 0 Å². The molecule has 0 spiro atoms. The Balaban J connectivity index is 1.53. The van der Waals surface area contributed by atoms with Gasteiger partial charge in [0.25, 0.3) is 0 Å². The number of nitrogens with zero attached hydrogens (tertiary/aromatic N) is 6. The maximum Gasteiger partial charge on any atom is 0.232 e. The second-order valence-electron chi connectivity index (χ2n) is 6.64. The van der Waals surface area contributed by atoms with E-state index < -0.39 is 0 Å². The van der Waals surface area contributed by atoms with Gasteiger partial charge < -0.3 is 9.30 Å². The van der Waals surface area contributed by atoms with Crippen molar-refractivity contribution in [1.82, 2.24) is 29.4 Å². The highest BCUT2D eigenvalue weighted by atomic mass is 16.5. The van der Waals surface area contributed by atoms with Crippen LogP contribution in [-0.2, 0) is 26.6 Å². The predicted octanol–water partition coefficient (Wildman–Crippen LogP) is 1.92. The Labute approximate surface area is 152 Å². The van der Waals surface area contributed by atoms with E-state index in [4.69, 9.17) is 4.74 Å². The van der Waals surface area contributed by atoms with Crippen molar-refractivity contribution in [2.45, 2.75) is 32.5 Å². The van der Waals surface area contributed by atoms with Crippen LogP contribution >= 0.6 is 0 Å². The number of pyridine rings is 1. The molecule has 3 aromatic heterocycles. The lowest BCUT2D eigenvalue weighted by Gasteiger charge is -2.34. The van der Waals surface area contributed by atoms with E-state index >= 15 is 0 Å². The smallest absolute Gasteiger partial charge is 0.232 e. The normalized spacial score (nSPS) is 17.1. The lowest BCUT2D eigenvalue weighted by Crippen LogP contribution is -2.44. The summed E-state index contributed by atoms with van der Waals surface area (Å²) in [4.78, 5) is 19.9. The largest absolute Gasteiger partial charge is 0.475 e. The minimum Gasteiger partial charge on any atom is -0.475 e. The fourth-order valence-corrected chi connectivity index (χ4v) is 3.31. The molecule has 26 heavy (non-hydrogen) atoms. The lowest BCUT2D eigenvalue weighted by molar-refractivity contribution is 0.103. The molecule has 3 aromatic rings. The van der Waals surface area contributed by atoms with Gasteiger partial charge in [-0.2, -0.15) is 0 Å². The molecule has 1 aliphatic heterocycles. The monoisotopic (exact) mass is 350 g/mol. The Bertz CT molecular complexity index is 879. The molecule has 0 fully saturated rings. The van der Waals surface area contributed by atoms with Crippen molar-refractivity contribution in [2.75, 3.05) is 6.61 Å². The van der Waals surface area contributed by atoms with Crippen molar-refractivity contribution in [3.8, 4) is 5.88 Å². The molecular weight excluding hydrogens is 328 g/mol. The number of hydrogen-bond acceptors (Lipinski definition) is 6. The third-order valence-electron chi connectivity index (χ3n) is 4.69. The minimum absolute atomic E-state index is 0.224. The highest BCUT2D eigenvalue weighted by molar-refractivity contribution is 5.19. The molecule has 134 valence electrons. The van der Waals surface area contributed by atoms with Gasteiger partial charge >= 0.3 is 0 Å². The quantitative estimate of drug-likeness (QED) is 0.700. The zero-order valence-corrected chi connectivity index (χ0v) is 15.0. The fraction of sp³-hybridized carbons (Fsp3) is 0.368. The Morgan fingerprint density at radius 2 is 2.15 bits per heavy atom. The second kappa shape index (κ2) is 7.21. The van der Waals surface area contributed by atoms with Gasteiger partial charge in [-0.05, 0) is 19.1 Å². The first-order valence-corrected chi connectivity index (χ1v) is 8.73. The van der Waals surface area contributed by atoms with Gasteiger partial charge in [0, 0.05) is 44.6 Å². The summed E-state index contributed by atoms with van der Waals surface area (Å²) in [7, 11) is 2.05. The van der Waals surface area contributed by atoms with Gasteiger partial charge in [-0.1, -0.05) is 6.07 Å². The van der Waals surface area contributed by atoms with E-state index in [0.717, 1.165) is 36.6 Å². The average molecular weight is 350 g/mol. The Kier molecular flexibility index (Phi) is 4.62. The number of hydrogen-bond donors (Lipinski definition) is 0. The summed E-state index contributed by atoms with van der Waals surface area (Å²) in [6, 6.07) is 6.24. The van der Waals surface area contributed by atoms with E-state index in [2.05, 4.69) is 35.5 Å². The topological polar surface area (TPSA) is 69.0 Å². The molecule has 1 unspecified atom stereocenters. The van der Waals surface area contributed by atoms with Crippen LogP contribution in [0, 0.1) is 6.92 Å². The molecule has 4 rings (SSSR count). The second-order valence-corrected chi connectivity index (χ2v) is 6.64. The van der Waals surface area contributed by atoms with Gasteiger partial charge in [0.15, 0.2) is 0 Å². The summed E-state index contributed by atoms with van der Waals surface area (Å²) in [5, 5.41) is 0. The standard InChI is InChI=1S/C19H22N6O/c1-14-8-20-9-19(23-14)26-12-16-7-18-17(22-13-24(18)2)11-25(16)10-15-5-3-4-6-21-15/h3-6,8-9,13,16H,7,10-12H2,1-2H3. The van der Waals surface area contributed by atoms with Crippen LogP contribution in [0.15, 0.2) is 43.1 Å². The molecule has 0 aliphatic carbocycles. The van der Waals surface area contributed by atoms with Crippen LogP contribution in [0.25, 0.3) is 0 Å². The van der Waals surface area contributed by atoms with Gasteiger partial charge in [-0.15, -0.1) is 0 Å². The molecule has 7 heteroatoms. The van der Waals surface area contributed by atoms with E-state index in [1.165, 1.54) is 5.69 Å². The maximum atomic E-state index is 5.96. The molecule has 0 amide bonds. The maximum absolute atomic E-state index is 5.96. The van der Waals surface area contributed by atoms with Crippen molar-refractivity contribution < 1.29 is 4.74 Å².